The van der Waals surface area contributed by atoms with Crippen molar-refractivity contribution in [1.29, 1.82) is 0 Å². The van der Waals surface area contributed by atoms with Crippen LogP contribution >= 0.6 is 0 Å². The molecule has 0 heterocycles. The number of carbonyl (C=O) groups excluding carboxylic acids is 3. The molecule has 1 atom stereocenters. The molecule has 384 valence electrons. The van der Waals surface area contributed by atoms with Crippen LogP contribution in [0.3, 0.4) is 0 Å². The van der Waals surface area contributed by atoms with Gasteiger partial charge in [-0.3, -0.25) is 14.4 Å². The van der Waals surface area contributed by atoms with Crippen LogP contribution in [0.15, 0.2) is 158 Å². The summed E-state index contributed by atoms with van der Waals surface area (Å²) in [6.07, 6.45) is 81.1. The topological polar surface area (TPSA) is 78.9 Å². The molecule has 1 unspecified atom stereocenters. The average molecular weight is 949 g/mol. The summed E-state index contributed by atoms with van der Waals surface area (Å²) in [6, 6.07) is 0. The van der Waals surface area contributed by atoms with Gasteiger partial charge in [0, 0.05) is 12.8 Å². The summed E-state index contributed by atoms with van der Waals surface area (Å²) in [7, 11) is 0. The van der Waals surface area contributed by atoms with E-state index in [4.69, 9.17) is 14.2 Å². The molecule has 0 saturated heterocycles. The summed E-state index contributed by atoms with van der Waals surface area (Å²) in [4.78, 5) is 38.0. The van der Waals surface area contributed by atoms with Crippen molar-refractivity contribution >= 4 is 17.9 Å². The van der Waals surface area contributed by atoms with Gasteiger partial charge >= 0.3 is 17.9 Å². The van der Waals surface area contributed by atoms with Crippen LogP contribution in [0.2, 0.25) is 0 Å². The van der Waals surface area contributed by atoms with Crippen molar-refractivity contribution in [2.75, 3.05) is 13.2 Å². The highest BCUT2D eigenvalue weighted by Crippen LogP contribution is 2.12. The molecular weight excluding hydrogens is 853 g/mol. The summed E-state index contributed by atoms with van der Waals surface area (Å²) < 4.78 is 16.7. The average Bonchev–Trinajstić information content (AvgIpc) is 3.35. The number of unbranched alkanes of at least 4 members (excludes halogenated alkanes) is 10. The van der Waals surface area contributed by atoms with Crippen molar-refractivity contribution in [3.63, 3.8) is 0 Å². The zero-order valence-corrected chi connectivity index (χ0v) is 43.8. The molecule has 0 amide bonds. The van der Waals surface area contributed by atoms with Crippen molar-refractivity contribution < 1.29 is 28.6 Å². The molecular formula is C63H96O6. The molecule has 0 aromatic rings. The lowest BCUT2D eigenvalue weighted by Crippen LogP contribution is -2.30. The maximum absolute atomic E-state index is 12.8. The van der Waals surface area contributed by atoms with Crippen LogP contribution in [-0.2, 0) is 28.6 Å². The van der Waals surface area contributed by atoms with E-state index in [0.717, 1.165) is 116 Å². The predicted octanol–water partition coefficient (Wildman–Crippen LogP) is 18.2. The van der Waals surface area contributed by atoms with Gasteiger partial charge in [0.1, 0.15) is 13.2 Å². The SMILES string of the molecule is CC/C=C\C/C=C\C/C=C\C/C=C\C/C=C\CC(=O)OC(COC(=O)CCCC/C=C\C/C=C\C/C=C\C/C=C\CC)COC(=O)CCCCCCCCCC/C=C\C/C=C\C/C=C\C/C=C\CC. The summed E-state index contributed by atoms with van der Waals surface area (Å²) in [5.74, 6) is -1.13. The van der Waals surface area contributed by atoms with Crippen LogP contribution in [0.4, 0.5) is 0 Å². The van der Waals surface area contributed by atoms with Gasteiger partial charge in [0.25, 0.3) is 0 Å². The molecule has 6 nitrogen and oxygen atoms in total. The molecule has 0 aliphatic carbocycles. The van der Waals surface area contributed by atoms with Gasteiger partial charge in [0.15, 0.2) is 6.10 Å². The third-order valence-electron chi connectivity index (χ3n) is 10.5. The second-order valence-electron chi connectivity index (χ2n) is 17.0. The Balaban J connectivity index is 4.57. The Bertz CT molecular complexity index is 1610. The van der Waals surface area contributed by atoms with Crippen LogP contribution in [-0.4, -0.2) is 37.2 Å². The fourth-order valence-electron chi connectivity index (χ4n) is 6.62. The standard InChI is InChI=1S/C63H96O6/c1-4-7-10-13-16-19-22-25-28-29-30-31-32-33-36-38-41-44-47-50-53-56-62(65)68-59-60(69-63(66)57-54-51-48-45-42-39-35-27-24-21-18-15-12-9-6-3)58-67-61(64)55-52-49-46-43-40-37-34-26-23-20-17-14-11-8-5-2/h7-12,16-21,25-28,30-31,34-35,40,42-43,45,51,54,60H,4-6,13-15,22-24,29,32-33,36-39,41,44,46-50,52-53,55-59H2,1-3H3/b10-7-,11-8-,12-9-,19-16-,20-17-,21-18-,28-25-,31-30-,34-26-,35-27-,43-40-,45-42-,54-51-. The highest BCUT2D eigenvalue weighted by Gasteiger charge is 2.19. The van der Waals surface area contributed by atoms with Crippen molar-refractivity contribution in [1.82, 2.24) is 0 Å². The maximum atomic E-state index is 12.8. The zero-order chi connectivity index (χ0) is 50.0. The minimum atomic E-state index is -0.861. The largest absolute Gasteiger partial charge is 0.462 e. The highest BCUT2D eigenvalue weighted by molar-refractivity contribution is 5.72. The van der Waals surface area contributed by atoms with Gasteiger partial charge in [0.05, 0.1) is 6.42 Å². The summed E-state index contributed by atoms with van der Waals surface area (Å²) in [6.45, 7) is 6.14. The normalized spacial score (nSPS) is 13.4. The quantitative estimate of drug-likeness (QED) is 0.0262. The number of hydrogen-bond donors (Lipinski definition) is 0. The van der Waals surface area contributed by atoms with Gasteiger partial charge in [-0.25, -0.2) is 0 Å². The first-order valence-electron chi connectivity index (χ1n) is 27.0. The van der Waals surface area contributed by atoms with E-state index in [0.29, 0.717) is 19.3 Å². The molecule has 0 aromatic heterocycles. The van der Waals surface area contributed by atoms with E-state index in [1.165, 1.54) is 32.1 Å². The lowest BCUT2D eigenvalue weighted by Gasteiger charge is -2.18. The van der Waals surface area contributed by atoms with Crippen LogP contribution in [0.1, 0.15) is 201 Å². The minimum absolute atomic E-state index is 0.0779. The number of allylic oxidation sites excluding steroid dienone is 25. The van der Waals surface area contributed by atoms with Crippen LogP contribution in [0.5, 0.6) is 0 Å². The summed E-state index contributed by atoms with van der Waals surface area (Å²) in [5, 5.41) is 0. The summed E-state index contributed by atoms with van der Waals surface area (Å²) >= 11 is 0. The van der Waals surface area contributed by atoms with Crippen molar-refractivity contribution in [3.05, 3.63) is 158 Å². The summed E-state index contributed by atoms with van der Waals surface area (Å²) in [5.41, 5.74) is 0. The third-order valence-corrected chi connectivity index (χ3v) is 10.5. The van der Waals surface area contributed by atoms with E-state index in [9.17, 15) is 14.4 Å². The predicted molar refractivity (Wildman–Crippen MR) is 297 cm³/mol. The highest BCUT2D eigenvalue weighted by atomic mass is 16.6. The lowest BCUT2D eigenvalue weighted by atomic mass is 10.1. The van der Waals surface area contributed by atoms with E-state index in [1.807, 2.05) is 6.08 Å². The zero-order valence-electron chi connectivity index (χ0n) is 43.8. The molecule has 0 saturated carbocycles. The van der Waals surface area contributed by atoms with Gasteiger partial charge in [-0.2, -0.15) is 0 Å². The molecule has 0 aromatic carbocycles. The number of carbonyl (C=O) groups is 3. The van der Waals surface area contributed by atoms with Crippen molar-refractivity contribution in [2.24, 2.45) is 0 Å². The minimum Gasteiger partial charge on any atom is -0.462 e. The second-order valence-corrected chi connectivity index (χ2v) is 17.0. The molecule has 69 heavy (non-hydrogen) atoms. The molecule has 0 aliphatic rings. The Morgan fingerprint density at radius 3 is 0.913 bits per heavy atom. The Kier molecular flexibility index (Phi) is 51.6. The van der Waals surface area contributed by atoms with E-state index in [1.54, 1.807) is 6.08 Å². The molecule has 0 rings (SSSR count). The Morgan fingerprint density at radius 2 is 0.565 bits per heavy atom. The van der Waals surface area contributed by atoms with Gasteiger partial charge in [0.2, 0.25) is 0 Å². The van der Waals surface area contributed by atoms with Crippen LogP contribution < -0.4 is 0 Å². The van der Waals surface area contributed by atoms with Crippen LogP contribution in [0.25, 0.3) is 0 Å². The number of rotatable bonds is 46. The first-order chi connectivity index (χ1) is 34.0. The third kappa shape index (κ3) is 53.8. The van der Waals surface area contributed by atoms with Gasteiger partial charge in [-0.05, 0) is 122 Å². The van der Waals surface area contributed by atoms with Gasteiger partial charge in [-0.15, -0.1) is 0 Å². The van der Waals surface area contributed by atoms with E-state index in [2.05, 4.69) is 167 Å². The number of esters is 3. The monoisotopic (exact) mass is 949 g/mol. The van der Waals surface area contributed by atoms with E-state index in [-0.39, 0.29) is 38.0 Å². The first-order valence-corrected chi connectivity index (χ1v) is 27.0. The molecule has 0 aliphatic heterocycles. The molecule has 0 fully saturated rings. The van der Waals surface area contributed by atoms with E-state index >= 15 is 0 Å². The van der Waals surface area contributed by atoms with Gasteiger partial charge in [-0.1, -0.05) is 217 Å². The fraction of sp³-hybridized carbons (Fsp3) is 0.540. The smallest absolute Gasteiger partial charge is 0.310 e. The molecule has 0 spiro atoms. The number of ether oxygens (including phenoxy) is 3. The molecule has 0 bridgehead atoms. The fourth-order valence-corrected chi connectivity index (χ4v) is 6.62. The molecule has 0 N–H and O–H groups in total. The first kappa shape index (κ1) is 64.0. The Labute approximate surface area is 422 Å². The Morgan fingerprint density at radius 1 is 0.304 bits per heavy atom. The lowest BCUT2D eigenvalue weighted by molar-refractivity contribution is -0.166. The van der Waals surface area contributed by atoms with Crippen molar-refractivity contribution in [3.8, 4) is 0 Å². The second kappa shape index (κ2) is 55.6. The van der Waals surface area contributed by atoms with Crippen molar-refractivity contribution in [2.45, 2.75) is 207 Å². The van der Waals surface area contributed by atoms with E-state index < -0.39 is 12.1 Å². The van der Waals surface area contributed by atoms with Gasteiger partial charge < -0.3 is 14.2 Å². The Hall–Kier alpha value is -4.97. The molecule has 0 radical (unpaired) electrons. The van der Waals surface area contributed by atoms with Crippen LogP contribution in [0, 0.1) is 0 Å². The maximum Gasteiger partial charge on any atom is 0.310 e. The molecule has 6 heteroatoms. The number of hydrogen-bond acceptors (Lipinski definition) is 6.